The molecule has 0 saturated carbocycles. The Hall–Kier alpha value is 4.20. The van der Waals surface area contributed by atoms with Gasteiger partial charge in [-0.25, -0.2) is 15.0 Å². The number of imidazole rings is 3. The first-order chi connectivity index (χ1) is 11.1. The highest BCUT2D eigenvalue weighted by atomic mass is 127. The van der Waals surface area contributed by atoms with E-state index in [1.807, 2.05) is 0 Å². The molecule has 0 aliphatic carbocycles. The molecule has 3 aromatic rings. The molecule has 3 heterocycles. The quantitative estimate of drug-likeness (QED) is 0.220. The summed E-state index contributed by atoms with van der Waals surface area (Å²) in [5.41, 5.74) is 0. The molecule has 0 unspecified atom stereocenters. The van der Waals surface area contributed by atoms with Crippen molar-refractivity contribution < 1.29 is 0 Å². The summed E-state index contributed by atoms with van der Waals surface area (Å²) in [6.45, 7) is 0. The van der Waals surface area contributed by atoms with Gasteiger partial charge in [0.05, 0.1) is 0 Å². The fourth-order valence-electron chi connectivity index (χ4n) is 0.916. The molecule has 0 radical (unpaired) electrons. The van der Waals surface area contributed by atoms with Crippen LogP contribution in [0.3, 0.4) is 0 Å². The zero-order chi connectivity index (χ0) is 18.4. The van der Waals surface area contributed by atoms with Crippen LogP contribution in [0.25, 0.3) is 0 Å². The summed E-state index contributed by atoms with van der Waals surface area (Å²) in [6, 6.07) is 0. The summed E-state index contributed by atoms with van der Waals surface area (Å²) in [5, 5.41) is 0. The number of H-pyrrole nitrogens is 3. The standard InChI is InChI=1S/3C3HI3N2/c3*4-1-2(5)8-3(6)7-1/h3*(H,7,8). The first-order valence-electron chi connectivity index (χ1n) is 5.29. The number of rotatable bonds is 0. The number of aromatic nitrogens is 6. The first-order valence-corrected chi connectivity index (χ1v) is 15.0. The van der Waals surface area contributed by atoms with E-state index in [9.17, 15) is 0 Å². The molecule has 3 rings (SSSR count). The zero-order valence-corrected chi connectivity index (χ0v) is 30.2. The van der Waals surface area contributed by atoms with E-state index in [4.69, 9.17) is 0 Å². The van der Waals surface area contributed by atoms with Crippen LogP contribution in [-0.4, -0.2) is 29.9 Å². The van der Waals surface area contributed by atoms with E-state index < -0.39 is 0 Å². The summed E-state index contributed by atoms with van der Waals surface area (Å²) >= 11 is 19.7. The molecule has 0 atom stereocenters. The van der Waals surface area contributed by atoms with Crippen LogP contribution in [0.2, 0.25) is 0 Å². The van der Waals surface area contributed by atoms with Crippen LogP contribution in [-0.2, 0) is 0 Å². The van der Waals surface area contributed by atoms with E-state index in [1.54, 1.807) is 0 Å². The van der Waals surface area contributed by atoms with Crippen molar-refractivity contribution >= 4 is 203 Å². The Morgan fingerprint density at radius 3 is 0.667 bits per heavy atom. The van der Waals surface area contributed by atoms with Gasteiger partial charge in [-0.2, -0.15) is 0 Å². The first kappa shape index (κ1) is 26.2. The van der Waals surface area contributed by atoms with Gasteiger partial charge >= 0.3 is 0 Å². The lowest BCUT2D eigenvalue weighted by atomic mass is 11.0. The molecule has 6 nitrogen and oxygen atoms in total. The number of hydrogen-bond donors (Lipinski definition) is 3. The highest BCUT2D eigenvalue weighted by Gasteiger charge is 2.00. The van der Waals surface area contributed by atoms with E-state index in [1.165, 1.54) is 0 Å². The largest absolute Gasteiger partial charge is 0.328 e. The van der Waals surface area contributed by atoms with Gasteiger partial charge < -0.3 is 15.0 Å². The van der Waals surface area contributed by atoms with Crippen molar-refractivity contribution in [1.82, 2.24) is 29.9 Å². The third-order valence-corrected chi connectivity index (χ3v) is 11.1. The molecule has 0 aliphatic heterocycles. The Morgan fingerprint density at radius 1 is 0.417 bits per heavy atom. The predicted molar refractivity (Wildman–Crippen MR) is 170 cm³/mol. The van der Waals surface area contributed by atoms with Gasteiger partial charge in [-0.15, -0.1) is 0 Å². The molecule has 3 N–H and O–H groups in total. The Kier molecular flexibility index (Phi) is 14.7. The fraction of sp³-hybridized carbons (Fsp3) is 0. The molecule has 24 heavy (non-hydrogen) atoms. The molecular formula is C9H3I9N6. The lowest BCUT2D eigenvalue weighted by Crippen LogP contribution is -1.69. The van der Waals surface area contributed by atoms with Crippen LogP contribution in [0.15, 0.2) is 0 Å². The summed E-state index contributed by atoms with van der Waals surface area (Å²) in [4.78, 5) is 21.5. The Labute approximate surface area is 260 Å². The second kappa shape index (κ2) is 13.5. The maximum Gasteiger partial charge on any atom is 0.170 e. The third-order valence-electron chi connectivity index (χ3n) is 1.77. The van der Waals surface area contributed by atoms with Crippen LogP contribution in [0, 0.1) is 33.7 Å². The van der Waals surface area contributed by atoms with Gasteiger partial charge in [0.2, 0.25) is 0 Å². The van der Waals surface area contributed by atoms with Gasteiger partial charge in [-0.05, 0) is 203 Å². The molecule has 0 aromatic carbocycles. The van der Waals surface area contributed by atoms with Crippen LogP contribution >= 0.6 is 203 Å². The average Bonchev–Trinajstić information content (AvgIpc) is 3.01. The van der Waals surface area contributed by atoms with E-state index in [0.29, 0.717) is 0 Å². The minimum absolute atomic E-state index is 0.955. The molecule has 15 heteroatoms. The maximum atomic E-state index is 4.12. The fourth-order valence-corrected chi connectivity index (χ4v) is 7.64. The average molecular weight is 1340 g/mol. The van der Waals surface area contributed by atoms with E-state index >= 15 is 0 Å². The second-order valence-electron chi connectivity index (χ2n) is 3.40. The molecule has 0 amide bonds. The lowest BCUT2D eigenvalue weighted by Gasteiger charge is -1.74. The minimum Gasteiger partial charge on any atom is -0.328 e. The summed E-state index contributed by atoms with van der Waals surface area (Å²) in [6.07, 6.45) is 0. The summed E-state index contributed by atoms with van der Waals surface area (Å²) in [5.74, 6) is 0. The van der Waals surface area contributed by atoms with Crippen molar-refractivity contribution in [2.75, 3.05) is 0 Å². The monoisotopic (exact) mass is 1340 g/mol. The van der Waals surface area contributed by atoms with Crippen molar-refractivity contribution in [2.24, 2.45) is 0 Å². The van der Waals surface area contributed by atoms with Crippen molar-refractivity contribution in [3.8, 4) is 0 Å². The maximum absolute atomic E-state index is 4.12. The normalized spacial score (nSPS) is 9.88. The number of nitrogens with zero attached hydrogens (tertiary/aromatic N) is 3. The third kappa shape index (κ3) is 10.3. The van der Waals surface area contributed by atoms with Gasteiger partial charge in [0.25, 0.3) is 0 Å². The topological polar surface area (TPSA) is 86.0 Å². The molecule has 0 saturated heterocycles. The van der Waals surface area contributed by atoms with Crippen molar-refractivity contribution in [1.29, 1.82) is 0 Å². The molecule has 132 valence electrons. The SMILES string of the molecule is Ic1nc(I)c(I)[nH]1.Ic1nc(I)c(I)[nH]1.Ic1nc(I)c(I)[nH]1. The van der Waals surface area contributed by atoms with Gasteiger partial charge in [0.15, 0.2) is 11.5 Å². The highest BCUT2D eigenvalue weighted by Crippen LogP contribution is 2.13. The lowest BCUT2D eigenvalue weighted by molar-refractivity contribution is 1.21. The van der Waals surface area contributed by atoms with Crippen molar-refractivity contribution in [3.63, 3.8) is 0 Å². The Bertz CT molecular complexity index is 630. The zero-order valence-electron chi connectivity index (χ0n) is 10.7. The van der Waals surface area contributed by atoms with E-state index in [0.717, 1.165) is 33.7 Å². The van der Waals surface area contributed by atoms with Crippen molar-refractivity contribution in [2.45, 2.75) is 0 Å². The van der Waals surface area contributed by atoms with Gasteiger partial charge in [0.1, 0.15) is 22.2 Å². The molecular weight excluding hydrogens is 1330 g/mol. The highest BCUT2D eigenvalue weighted by molar-refractivity contribution is 14.1. The smallest absolute Gasteiger partial charge is 0.170 e. The summed E-state index contributed by atoms with van der Waals surface area (Å²) in [7, 11) is 0. The molecule has 0 bridgehead atoms. The second-order valence-corrected chi connectivity index (χ2v) is 12.8. The molecule has 3 aromatic heterocycles. The van der Waals surface area contributed by atoms with Gasteiger partial charge in [0, 0.05) is 0 Å². The Morgan fingerprint density at radius 2 is 0.625 bits per heavy atom. The Balaban J connectivity index is 0.000000180. The number of hydrogen-bond acceptors (Lipinski definition) is 3. The predicted octanol–water partition coefficient (Wildman–Crippen LogP) is 6.67. The van der Waals surface area contributed by atoms with Crippen LogP contribution in [0.4, 0.5) is 0 Å². The van der Waals surface area contributed by atoms with Crippen molar-refractivity contribution in [3.05, 3.63) is 33.7 Å². The summed E-state index contributed by atoms with van der Waals surface area (Å²) < 4.78 is 9.37. The van der Waals surface area contributed by atoms with Crippen LogP contribution < -0.4 is 0 Å². The number of nitrogens with one attached hydrogen (secondary N) is 3. The molecule has 0 aliphatic rings. The van der Waals surface area contributed by atoms with E-state index in [2.05, 4.69) is 233 Å². The number of aromatic amines is 3. The molecule has 0 spiro atoms. The van der Waals surface area contributed by atoms with E-state index in [-0.39, 0.29) is 0 Å². The van der Waals surface area contributed by atoms with Crippen LogP contribution in [0.1, 0.15) is 0 Å². The van der Waals surface area contributed by atoms with Gasteiger partial charge in [-0.1, -0.05) is 0 Å². The van der Waals surface area contributed by atoms with Gasteiger partial charge in [-0.3, -0.25) is 0 Å². The molecule has 0 fully saturated rings. The van der Waals surface area contributed by atoms with Crippen LogP contribution in [0.5, 0.6) is 0 Å². The minimum atomic E-state index is 0.955. The number of halogens is 9.